The maximum Gasteiger partial charge on any atom is 0.408 e. The fourth-order valence-corrected chi connectivity index (χ4v) is 6.47. The molecule has 0 radical (unpaired) electrons. The number of carbonyl (C=O) groups is 3. The first kappa shape index (κ1) is 29.6. The van der Waals surface area contributed by atoms with Gasteiger partial charge in [0.25, 0.3) is 0 Å². The van der Waals surface area contributed by atoms with E-state index in [0.29, 0.717) is 19.5 Å². The number of hydrogen-bond acceptors (Lipinski definition) is 5. The molecule has 1 unspecified atom stereocenters. The van der Waals surface area contributed by atoms with Crippen LogP contribution >= 0.6 is 0 Å². The van der Waals surface area contributed by atoms with Gasteiger partial charge in [0, 0.05) is 48.1 Å². The molecule has 0 saturated carbocycles. The first-order chi connectivity index (χ1) is 19.8. The molecule has 224 valence electrons. The molecule has 1 fully saturated rings. The quantitative estimate of drug-likeness (QED) is 0.346. The Kier molecular flexibility index (Phi) is 7.83. The van der Waals surface area contributed by atoms with Crippen molar-refractivity contribution in [3.63, 3.8) is 0 Å². The largest absolute Gasteiger partial charge is 0.444 e. The summed E-state index contributed by atoms with van der Waals surface area (Å²) in [6, 6.07) is 15.5. The van der Waals surface area contributed by atoms with E-state index in [2.05, 4.69) is 33.8 Å². The molecule has 9 nitrogen and oxygen atoms in total. The number of carbonyl (C=O) groups excluding carboxylic acids is 3. The van der Waals surface area contributed by atoms with Crippen molar-refractivity contribution in [2.24, 2.45) is 5.73 Å². The number of rotatable bonds is 6. The van der Waals surface area contributed by atoms with Gasteiger partial charge >= 0.3 is 6.09 Å². The van der Waals surface area contributed by atoms with Crippen molar-refractivity contribution in [1.29, 1.82) is 0 Å². The Balaban J connectivity index is 1.34. The van der Waals surface area contributed by atoms with Gasteiger partial charge in [0.05, 0.1) is 0 Å². The molecule has 2 aliphatic rings. The molecule has 1 saturated heterocycles. The van der Waals surface area contributed by atoms with E-state index in [0.717, 1.165) is 35.7 Å². The number of nitrogens with one attached hydrogen (secondary N) is 3. The van der Waals surface area contributed by atoms with Gasteiger partial charge < -0.3 is 31.0 Å². The molecule has 5 rings (SSSR count). The number of amides is 3. The normalized spacial score (nSPS) is 18.9. The fourth-order valence-electron chi connectivity index (χ4n) is 6.47. The smallest absolute Gasteiger partial charge is 0.408 e. The van der Waals surface area contributed by atoms with Crippen molar-refractivity contribution in [1.82, 2.24) is 20.5 Å². The molecule has 3 aromatic rings. The van der Waals surface area contributed by atoms with Crippen LogP contribution < -0.4 is 16.4 Å². The number of hydrogen-bond donors (Lipinski definition) is 4. The van der Waals surface area contributed by atoms with Crippen LogP contribution in [0.1, 0.15) is 76.6 Å². The lowest BCUT2D eigenvalue weighted by atomic mass is 9.73. The van der Waals surface area contributed by atoms with Gasteiger partial charge in [-0.2, -0.15) is 0 Å². The third-order valence-corrected chi connectivity index (χ3v) is 8.66. The molecule has 9 heteroatoms. The SMILES string of the molecule is CC(C)(C)OC(=O)NC(C)(C)C(=O)N[C@H](Cc1c[nH]c2ccccc12)C(=O)N1CCC2(CC1)CC(N)c1ccccc12. The Morgan fingerprint density at radius 2 is 1.71 bits per heavy atom. The second kappa shape index (κ2) is 11.1. The van der Waals surface area contributed by atoms with E-state index in [9.17, 15) is 14.4 Å². The minimum atomic E-state index is -1.31. The number of H-pyrrole nitrogens is 1. The van der Waals surface area contributed by atoms with Crippen LogP contribution in [0.15, 0.2) is 54.7 Å². The average Bonchev–Trinajstić information content (AvgIpc) is 3.45. The van der Waals surface area contributed by atoms with Gasteiger partial charge in [0.1, 0.15) is 17.2 Å². The molecule has 1 aliphatic carbocycles. The summed E-state index contributed by atoms with van der Waals surface area (Å²) in [7, 11) is 0. The number of ether oxygens (including phenoxy) is 1. The monoisotopic (exact) mass is 573 g/mol. The predicted octanol–water partition coefficient (Wildman–Crippen LogP) is 4.46. The van der Waals surface area contributed by atoms with Gasteiger partial charge in [-0.3, -0.25) is 9.59 Å². The lowest BCUT2D eigenvalue weighted by molar-refractivity contribution is -0.139. The number of para-hydroxylation sites is 1. The standard InChI is InChI=1S/C33H43N5O4/c1-31(2,3)42-30(41)37-32(4,5)29(40)36-27(18-21-20-35-26-13-9-7-10-22(21)26)28(39)38-16-14-33(15-17-38)19-25(34)23-11-6-8-12-24(23)33/h6-13,20,25,27,35H,14-19,34H2,1-5H3,(H,36,40)(H,37,41)/t25?,27-/m1/s1. The maximum atomic E-state index is 14.1. The zero-order chi connectivity index (χ0) is 30.3. The summed E-state index contributed by atoms with van der Waals surface area (Å²) in [5.41, 5.74) is 8.89. The highest BCUT2D eigenvalue weighted by molar-refractivity contribution is 5.94. The number of benzene rings is 2. The van der Waals surface area contributed by atoms with Crippen molar-refractivity contribution in [2.45, 2.75) is 88.9 Å². The van der Waals surface area contributed by atoms with Crippen LogP contribution in [-0.2, 0) is 26.2 Å². The lowest BCUT2D eigenvalue weighted by Gasteiger charge is -2.41. The molecule has 1 spiro atoms. The van der Waals surface area contributed by atoms with Crippen LogP contribution in [0.5, 0.6) is 0 Å². The Morgan fingerprint density at radius 3 is 2.43 bits per heavy atom. The van der Waals surface area contributed by atoms with Gasteiger partial charge in [-0.1, -0.05) is 42.5 Å². The molecule has 42 heavy (non-hydrogen) atoms. The van der Waals surface area contributed by atoms with Crippen LogP contribution in [-0.4, -0.2) is 58.1 Å². The summed E-state index contributed by atoms with van der Waals surface area (Å²) in [4.78, 5) is 45.3. The summed E-state index contributed by atoms with van der Waals surface area (Å²) < 4.78 is 5.36. The number of nitrogens with two attached hydrogens (primary N) is 1. The van der Waals surface area contributed by atoms with Crippen molar-refractivity contribution >= 4 is 28.8 Å². The Bertz CT molecular complexity index is 1480. The topological polar surface area (TPSA) is 130 Å². The van der Waals surface area contributed by atoms with E-state index in [4.69, 9.17) is 10.5 Å². The molecule has 2 aromatic carbocycles. The highest BCUT2D eigenvalue weighted by Gasteiger charge is 2.45. The van der Waals surface area contributed by atoms with E-state index < -0.39 is 29.2 Å². The third-order valence-electron chi connectivity index (χ3n) is 8.66. The van der Waals surface area contributed by atoms with Gasteiger partial charge in [-0.25, -0.2) is 4.79 Å². The zero-order valence-corrected chi connectivity index (χ0v) is 25.3. The van der Waals surface area contributed by atoms with E-state index in [1.807, 2.05) is 41.4 Å². The average molecular weight is 574 g/mol. The van der Waals surface area contributed by atoms with E-state index >= 15 is 0 Å². The molecule has 0 bridgehead atoms. The van der Waals surface area contributed by atoms with E-state index in [1.165, 1.54) is 11.1 Å². The lowest BCUT2D eigenvalue weighted by Crippen LogP contribution is -2.60. The van der Waals surface area contributed by atoms with Crippen molar-refractivity contribution in [3.8, 4) is 0 Å². The number of likely N-dealkylation sites (tertiary alicyclic amines) is 1. The zero-order valence-electron chi connectivity index (χ0n) is 25.3. The number of alkyl carbamates (subject to hydrolysis) is 1. The minimum Gasteiger partial charge on any atom is -0.444 e. The Morgan fingerprint density at radius 1 is 1.05 bits per heavy atom. The molecule has 2 heterocycles. The Labute approximate surface area is 247 Å². The van der Waals surface area contributed by atoms with Gasteiger partial charge in [-0.15, -0.1) is 0 Å². The van der Waals surface area contributed by atoms with Gasteiger partial charge in [0.2, 0.25) is 11.8 Å². The van der Waals surface area contributed by atoms with E-state index in [1.54, 1.807) is 34.6 Å². The molecule has 1 aromatic heterocycles. The second-order valence-corrected chi connectivity index (χ2v) is 13.3. The minimum absolute atomic E-state index is 0.0112. The second-order valence-electron chi connectivity index (χ2n) is 13.3. The predicted molar refractivity (Wildman–Crippen MR) is 163 cm³/mol. The first-order valence-electron chi connectivity index (χ1n) is 14.8. The van der Waals surface area contributed by atoms with Crippen LogP contribution in [0, 0.1) is 0 Å². The van der Waals surface area contributed by atoms with Crippen LogP contribution in [0.3, 0.4) is 0 Å². The number of fused-ring (bicyclic) bond motifs is 3. The number of aromatic amines is 1. The molecule has 5 N–H and O–H groups in total. The number of nitrogens with zero attached hydrogens (tertiary/aromatic N) is 1. The summed E-state index contributed by atoms with van der Waals surface area (Å²) in [5.74, 6) is -0.595. The van der Waals surface area contributed by atoms with E-state index in [-0.39, 0.29) is 17.4 Å². The maximum absolute atomic E-state index is 14.1. The van der Waals surface area contributed by atoms with Gasteiger partial charge in [-0.05, 0) is 76.6 Å². The summed E-state index contributed by atoms with van der Waals surface area (Å²) in [6.45, 7) is 9.65. The first-order valence-corrected chi connectivity index (χ1v) is 14.8. The van der Waals surface area contributed by atoms with Crippen molar-refractivity contribution in [2.75, 3.05) is 13.1 Å². The highest BCUT2D eigenvalue weighted by atomic mass is 16.6. The molecular weight excluding hydrogens is 530 g/mol. The molecular formula is C33H43N5O4. The van der Waals surface area contributed by atoms with Gasteiger partial charge in [0.15, 0.2) is 0 Å². The van der Waals surface area contributed by atoms with Crippen molar-refractivity contribution < 1.29 is 19.1 Å². The summed E-state index contributed by atoms with van der Waals surface area (Å²) >= 11 is 0. The summed E-state index contributed by atoms with van der Waals surface area (Å²) in [6.07, 6.45) is 4.04. The molecule has 3 amide bonds. The van der Waals surface area contributed by atoms with Crippen LogP contribution in [0.2, 0.25) is 0 Å². The highest BCUT2D eigenvalue weighted by Crippen LogP contribution is 2.49. The molecule has 2 atom stereocenters. The van der Waals surface area contributed by atoms with Crippen LogP contribution in [0.25, 0.3) is 10.9 Å². The number of aromatic nitrogens is 1. The number of piperidine rings is 1. The third kappa shape index (κ3) is 6.02. The molecule has 1 aliphatic heterocycles. The van der Waals surface area contributed by atoms with Crippen molar-refractivity contribution in [3.05, 3.63) is 71.4 Å². The Hall–Kier alpha value is -3.85. The summed E-state index contributed by atoms with van der Waals surface area (Å²) in [5, 5.41) is 6.63. The van der Waals surface area contributed by atoms with Crippen LogP contribution in [0.4, 0.5) is 4.79 Å². The fraction of sp³-hybridized carbons (Fsp3) is 0.485.